The fraction of sp³-hybridized carbons (Fsp3) is 0.130. The maximum absolute atomic E-state index is 12.4. The first-order valence-electron chi connectivity index (χ1n) is 9.24. The Kier molecular flexibility index (Phi) is 6.47. The number of carbonyl (C=O) groups is 2. The highest BCUT2D eigenvalue weighted by molar-refractivity contribution is 5.91. The van der Waals surface area contributed by atoms with Crippen LogP contribution >= 0.6 is 0 Å². The van der Waals surface area contributed by atoms with Gasteiger partial charge in [0.25, 0.3) is 0 Å². The van der Waals surface area contributed by atoms with Crippen LogP contribution in [0.15, 0.2) is 72.8 Å². The van der Waals surface area contributed by atoms with Gasteiger partial charge in [-0.2, -0.15) is 0 Å². The number of aryl methyl sites for hydroxylation is 1. The van der Waals surface area contributed by atoms with Crippen LogP contribution in [-0.4, -0.2) is 11.9 Å². The van der Waals surface area contributed by atoms with Crippen LogP contribution in [0.25, 0.3) is 0 Å². The van der Waals surface area contributed by atoms with Gasteiger partial charge >= 0.3 is 6.03 Å². The number of hydrogen-bond acceptors (Lipinski definition) is 3. The molecule has 3 amide bonds. The molecule has 3 aromatic carbocycles. The average Bonchev–Trinajstić information content (AvgIpc) is 2.68. The first kappa shape index (κ1) is 19.9. The van der Waals surface area contributed by atoms with Crippen molar-refractivity contribution in [2.24, 2.45) is 0 Å². The fourth-order valence-corrected chi connectivity index (χ4v) is 2.78. The summed E-state index contributed by atoms with van der Waals surface area (Å²) in [6.45, 7) is 3.76. The van der Waals surface area contributed by atoms with Gasteiger partial charge in [0.2, 0.25) is 5.91 Å². The average molecular weight is 389 g/mol. The normalized spacial score (nSPS) is 10.1. The molecule has 0 fully saturated rings. The van der Waals surface area contributed by atoms with Crippen molar-refractivity contribution in [2.45, 2.75) is 20.4 Å². The molecule has 0 aromatic heterocycles. The number of ether oxygens (including phenoxy) is 1. The van der Waals surface area contributed by atoms with Crippen LogP contribution in [0.4, 0.5) is 16.2 Å². The molecule has 6 nitrogen and oxygen atoms in total. The number of amides is 3. The van der Waals surface area contributed by atoms with Gasteiger partial charge in [0.05, 0.1) is 5.69 Å². The van der Waals surface area contributed by atoms with E-state index in [1.807, 2.05) is 61.5 Å². The lowest BCUT2D eigenvalue weighted by molar-refractivity contribution is -0.114. The van der Waals surface area contributed by atoms with Crippen LogP contribution in [0.2, 0.25) is 0 Å². The van der Waals surface area contributed by atoms with E-state index in [-0.39, 0.29) is 11.9 Å². The zero-order valence-corrected chi connectivity index (χ0v) is 16.4. The smallest absolute Gasteiger partial charge is 0.319 e. The van der Waals surface area contributed by atoms with Crippen LogP contribution in [0.5, 0.6) is 11.5 Å². The Balaban J connectivity index is 1.62. The summed E-state index contributed by atoms with van der Waals surface area (Å²) in [5.41, 5.74) is 3.22. The number of carbonyl (C=O) groups excluding carboxylic acids is 2. The summed E-state index contributed by atoms with van der Waals surface area (Å²) in [4.78, 5) is 23.5. The van der Waals surface area contributed by atoms with E-state index in [9.17, 15) is 9.59 Å². The second kappa shape index (κ2) is 9.41. The summed E-state index contributed by atoms with van der Waals surface area (Å²) >= 11 is 0. The van der Waals surface area contributed by atoms with Crippen LogP contribution in [-0.2, 0) is 11.3 Å². The van der Waals surface area contributed by atoms with Gasteiger partial charge in [-0.25, -0.2) is 4.79 Å². The summed E-state index contributed by atoms with van der Waals surface area (Å²) in [5.74, 6) is 1.12. The van der Waals surface area contributed by atoms with Crippen molar-refractivity contribution in [3.8, 4) is 11.5 Å². The SMILES string of the molecule is CC(=O)Nc1cccc(CNC(=O)Nc2ccccc2Oc2cccc(C)c2)c1. The predicted octanol–water partition coefficient (Wildman–Crippen LogP) is 5.07. The highest BCUT2D eigenvalue weighted by atomic mass is 16.5. The topological polar surface area (TPSA) is 79.5 Å². The lowest BCUT2D eigenvalue weighted by atomic mass is 10.2. The van der Waals surface area contributed by atoms with Crippen LogP contribution in [0.1, 0.15) is 18.1 Å². The minimum absolute atomic E-state index is 0.141. The maximum Gasteiger partial charge on any atom is 0.319 e. The maximum atomic E-state index is 12.4. The minimum Gasteiger partial charge on any atom is -0.455 e. The molecule has 0 radical (unpaired) electrons. The summed E-state index contributed by atoms with van der Waals surface area (Å²) in [5, 5.41) is 8.35. The largest absolute Gasteiger partial charge is 0.455 e. The third-order valence-corrected chi connectivity index (χ3v) is 4.05. The Labute approximate surface area is 169 Å². The van der Waals surface area contributed by atoms with Gasteiger partial charge in [-0.1, -0.05) is 36.4 Å². The quantitative estimate of drug-likeness (QED) is 0.551. The Morgan fingerprint density at radius 1 is 0.897 bits per heavy atom. The van der Waals surface area contributed by atoms with Crippen molar-refractivity contribution in [1.82, 2.24) is 5.32 Å². The standard InChI is InChI=1S/C23H23N3O3/c1-16-7-5-10-20(13-16)29-22-12-4-3-11-21(22)26-23(28)24-15-18-8-6-9-19(14-18)25-17(2)27/h3-14H,15H2,1-2H3,(H,25,27)(H2,24,26,28). The molecular weight excluding hydrogens is 366 g/mol. The highest BCUT2D eigenvalue weighted by Crippen LogP contribution is 2.29. The van der Waals surface area contributed by atoms with Gasteiger partial charge in [0.15, 0.2) is 5.75 Å². The van der Waals surface area contributed by atoms with Gasteiger partial charge in [-0.15, -0.1) is 0 Å². The molecule has 0 atom stereocenters. The monoisotopic (exact) mass is 389 g/mol. The van der Waals surface area contributed by atoms with Gasteiger partial charge in [-0.3, -0.25) is 4.79 Å². The van der Waals surface area contributed by atoms with Crippen molar-refractivity contribution in [3.63, 3.8) is 0 Å². The number of benzene rings is 3. The molecule has 3 N–H and O–H groups in total. The van der Waals surface area contributed by atoms with E-state index in [1.165, 1.54) is 6.92 Å². The highest BCUT2D eigenvalue weighted by Gasteiger charge is 2.09. The number of nitrogens with one attached hydrogen (secondary N) is 3. The van der Waals surface area contributed by atoms with E-state index in [4.69, 9.17) is 4.74 Å². The zero-order valence-electron chi connectivity index (χ0n) is 16.4. The molecule has 0 spiro atoms. The zero-order chi connectivity index (χ0) is 20.6. The molecule has 29 heavy (non-hydrogen) atoms. The lowest BCUT2D eigenvalue weighted by Crippen LogP contribution is -2.28. The number of urea groups is 1. The predicted molar refractivity (Wildman–Crippen MR) is 114 cm³/mol. The molecule has 0 saturated heterocycles. The van der Waals surface area contributed by atoms with Crippen molar-refractivity contribution in [3.05, 3.63) is 83.9 Å². The van der Waals surface area contributed by atoms with Crippen molar-refractivity contribution in [1.29, 1.82) is 0 Å². The Morgan fingerprint density at radius 2 is 1.69 bits per heavy atom. The molecule has 0 unspecified atom stereocenters. The van der Waals surface area contributed by atoms with Gasteiger partial charge in [0, 0.05) is 19.2 Å². The lowest BCUT2D eigenvalue weighted by Gasteiger charge is -2.13. The molecule has 0 aliphatic heterocycles. The number of para-hydroxylation sites is 2. The van der Waals surface area contributed by atoms with Gasteiger partial charge in [0.1, 0.15) is 5.75 Å². The van der Waals surface area contributed by atoms with Crippen LogP contribution in [0, 0.1) is 6.92 Å². The summed E-state index contributed by atoms with van der Waals surface area (Å²) in [7, 11) is 0. The molecule has 3 aromatic rings. The van der Waals surface area contributed by atoms with E-state index in [0.29, 0.717) is 29.4 Å². The van der Waals surface area contributed by atoms with E-state index in [0.717, 1.165) is 11.1 Å². The second-order valence-electron chi connectivity index (χ2n) is 6.60. The first-order valence-corrected chi connectivity index (χ1v) is 9.24. The molecule has 0 aliphatic carbocycles. The van der Waals surface area contributed by atoms with Crippen LogP contribution in [0.3, 0.4) is 0 Å². The Morgan fingerprint density at radius 3 is 2.48 bits per heavy atom. The number of anilines is 2. The third-order valence-electron chi connectivity index (χ3n) is 4.05. The van der Waals surface area contributed by atoms with Crippen molar-refractivity contribution in [2.75, 3.05) is 10.6 Å². The van der Waals surface area contributed by atoms with E-state index >= 15 is 0 Å². The first-order chi connectivity index (χ1) is 14.0. The fourth-order valence-electron chi connectivity index (χ4n) is 2.78. The van der Waals surface area contributed by atoms with Gasteiger partial charge in [-0.05, 0) is 54.4 Å². The van der Waals surface area contributed by atoms with Crippen LogP contribution < -0.4 is 20.7 Å². The van der Waals surface area contributed by atoms with Crippen molar-refractivity contribution < 1.29 is 14.3 Å². The molecule has 6 heteroatoms. The number of rotatable bonds is 6. The van der Waals surface area contributed by atoms with E-state index < -0.39 is 0 Å². The summed E-state index contributed by atoms with van der Waals surface area (Å²) < 4.78 is 5.92. The number of hydrogen-bond donors (Lipinski definition) is 3. The van der Waals surface area contributed by atoms with Crippen molar-refractivity contribution >= 4 is 23.3 Å². The van der Waals surface area contributed by atoms with Gasteiger partial charge < -0.3 is 20.7 Å². The molecule has 0 aliphatic rings. The Bertz CT molecular complexity index is 1020. The molecule has 148 valence electrons. The molecular formula is C23H23N3O3. The second-order valence-corrected chi connectivity index (χ2v) is 6.60. The van der Waals surface area contributed by atoms with E-state index in [1.54, 1.807) is 18.2 Å². The molecule has 3 rings (SSSR count). The third kappa shape index (κ3) is 6.10. The summed E-state index contributed by atoms with van der Waals surface area (Å²) in [6.07, 6.45) is 0. The summed E-state index contributed by atoms with van der Waals surface area (Å²) in [6, 6.07) is 21.9. The molecule has 0 heterocycles. The molecule has 0 saturated carbocycles. The molecule has 0 bridgehead atoms. The van der Waals surface area contributed by atoms with E-state index in [2.05, 4.69) is 16.0 Å². The minimum atomic E-state index is -0.352. The Hall–Kier alpha value is -3.80.